The average molecular weight is 289 g/mol. The van der Waals surface area contributed by atoms with Gasteiger partial charge in [-0.15, -0.1) is 0 Å². The molecule has 0 unspecified atom stereocenters. The Kier molecular flexibility index (Phi) is 3.71. The molecule has 3 heteroatoms. The first-order chi connectivity index (χ1) is 6.09. The van der Waals surface area contributed by atoms with Gasteiger partial charge in [-0.3, -0.25) is 4.79 Å². The van der Waals surface area contributed by atoms with Crippen LogP contribution in [0.2, 0.25) is 0 Å². The molecule has 1 N–H and O–H groups in total. The second-order valence-electron chi connectivity index (χ2n) is 2.97. The monoisotopic (exact) mass is 289 g/mol. The summed E-state index contributed by atoms with van der Waals surface area (Å²) in [5.74, 6) is 0.00560. The molecule has 0 aliphatic heterocycles. The Morgan fingerprint density at radius 3 is 2.38 bits per heavy atom. The van der Waals surface area contributed by atoms with Crippen molar-refractivity contribution in [2.24, 2.45) is 0 Å². The van der Waals surface area contributed by atoms with Gasteiger partial charge >= 0.3 is 0 Å². The predicted octanol–water partition coefficient (Wildman–Crippen LogP) is 2.49. The van der Waals surface area contributed by atoms with Crippen LogP contribution < -0.4 is 5.32 Å². The van der Waals surface area contributed by atoms with Crippen molar-refractivity contribution in [3.8, 4) is 0 Å². The topological polar surface area (TPSA) is 29.1 Å². The van der Waals surface area contributed by atoms with Crippen molar-refractivity contribution in [3.63, 3.8) is 0 Å². The molecule has 0 aliphatic carbocycles. The molecule has 0 aliphatic rings. The fourth-order valence-electron chi connectivity index (χ4n) is 1.14. The van der Waals surface area contributed by atoms with Gasteiger partial charge in [0.05, 0.1) is 6.04 Å². The number of hydrogen-bond donors (Lipinski definition) is 1. The van der Waals surface area contributed by atoms with Gasteiger partial charge in [0.1, 0.15) is 0 Å². The van der Waals surface area contributed by atoms with Crippen molar-refractivity contribution in [2.75, 3.05) is 0 Å². The SMILES string of the molecule is CC(=O)N[C@H](C)c1ccc(I)cc1. The second-order valence-corrected chi connectivity index (χ2v) is 4.22. The zero-order valence-corrected chi connectivity index (χ0v) is 9.83. The summed E-state index contributed by atoms with van der Waals surface area (Å²) in [4.78, 5) is 10.8. The number of amides is 1. The van der Waals surface area contributed by atoms with Crippen LogP contribution in [0.25, 0.3) is 0 Å². The molecule has 1 rings (SSSR count). The molecule has 0 aromatic heterocycles. The van der Waals surface area contributed by atoms with E-state index in [1.165, 1.54) is 10.5 Å². The highest BCUT2D eigenvalue weighted by Gasteiger charge is 2.04. The Hall–Kier alpha value is -0.580. The van der Waals surface area contributed by atoms with Crippen molar-refractivity contribution in [1.82, 2.24) is 5.32 Å². The fraction of sp³-hybridized carbons (Fsp3) is 0.300. The standard InChI is InChI=1S/C10H12INO/c1-7(12-8(2)13)9-3-5-10(11)6-4-9/h3-7H,1-2H3,(H,12,13)/t7-/m1/s1. The smallest absolute Gasteiger partial charge is 0.217 e. The fourth-order valence-corrected chi connectivity index (χ4v) is 1.50. The minimum Gasteiger partial charge on any atom is -0.350 e. The molecule has 1 atom stereocenters. The van der Waals surface area contributed by atoms with Gasteiger partial charge in [-0.25, -0.2) is 0 Å². The second kappa shape index (κ2) is 4.60. The lowest BCUT2D eigenvalue weighted by Gasteiger charge is -2.12. The Labute approximate surface area is 91.9 Å². The van der Waals surface area contributed by atoms with E-state index in [4.69, 9.17) is 0 Å². The van der Waals surface area contributed by atoms with E-state index < -0.39 is 0 Å². The van der Waals surface area contributed by atoms with Gasteiger partial charge in [0.15, 0.2) is 0 Å². The van der Waals surface area contributed by atoms with Gasteiger partial charge in [-0.1, -0.05) is 12.1 Å². The zero-order chi connectivity index (χ0) is 9.84. The van der Waals surface area contributed by atoms with Crippen molar-refractivity contribution in [1.29, 1.82) is 0 Å². The molecular formula is C10H12INO. The third-order valence-corrected chi connectivity index (χ3v) is 2.51. The molecule has 1 aromatic carbocycles. The number of benzene rings is 1. The molecule has 0 radical (unpaired) electrons. The van der Waals surface area contributed by atoms with Gasteiger partial charge in [0.25, 0.3) is 0 Å². The van der Waals surface area contributed by atoms with Gasteiger partial charge < -0.3 is 5.32 Å². The summed E-state index contributed by atoms with van der Waals surface area (Å²) in [6.07, 6.45) is 0. The molecule has 13 heavy (non-hydrogen) atoms. The van der Waals surface area contributed by atoms with Crippen LogP contribution in [0.1, 0.15) is 25.5 Å². The molecule has 1 aromatic rings. The lowest BCUT2D eigenvalue weighted by Crippen LogP contribution is -2.23. The summed E-state index contributed by atoms with van der Waals surface area (Å²) >= 11 is 2.26. The summed E-state index contributed by atoms with van der Waals surface area (Å²) in [7, 11) is 0. The van der Waals surface area contributed by atoms with Crippen LogP contribution in [0, 0.1) is 3.57 Å². The Morgan fingerprint density at radius 1 is 1.38 bits per heavy atom. The minimum atomic E-state index is 0.00560. The van der Waals surface area contributed by atoms with Crippen molar-refractivity contribution < 1.29 is 4.79 Å². The number of carbonyl (C=O) groups excluding carboxylic acids is 1. The highest BCUT2D eigenvalue weighted by atomic mass is 127. The van der Waals surface area contributed by atoms with E-state index in [-0.39, 0.29) is 11.9 Å². The van der Waals surface area contributed by atoms with E-state index in [2.05, 4.69) is 27.9 Å². The molecule has 0 heterocycles. The quantitative estimate of drug-likeness (QED) is 0.833. The largest absolute Gasteiger partial charge is 0.350 e. The van der Waals surface area contributed by atoms with Gasteiger partial charge in [0, 0.05) is 10.5 Å². The van der Waals surface area contributed by atoms with Crippen molar-refractivity contribution in [2.45, 2.75) is 19.9 Å². The summed E-state index contributed by atoms with van der Waals surface area (Å²) in [6.45, 7) is 3.51. The molecular weight excluding hydrogens is 277 g/mol. The zero-order valence-electron chi connectivity index (χ0n) is 7.67. The Balaban J connectivity index is 2.71. The van der Waals surface area contributed by atoms with Crippen LogP contribution in [0.4, 0.5) is 0 Å². The first-order valence-corrected chi connectivity index (χ1v) is 5.20. The highest BCUT2D eigenvalue weighted by Crippen LogP contribution is 2.13. The molecule has 2 nitrogen and oxygen atoms in total. The summed E-state index contributed by atoms with van der Waals surface area (Å²) in [5, 5.41) is 2.84. The number of carbonyl (C=O) groups is 1. The maximum atomic E-state index is 10.8. The van der Waals surface area contributed by atoms with Gasteiger partial charge in [-0.05, 0) is 47.2 Å². The lowest BCUT2D eigenvalue weighted by atomic mass is 10.1. The van der Waals surface area contributed by atoms with Crippen LogP contribution in [-0.4, -0.2) is 5.91 Å². The molecule has 1 amide bonds. The summed E-state index contributed by atoms with van der Waals surface area (Å²) in [5.41, 5.74) is 1.13. The van der Waals surface area contributed by atoms with Crippen LogP contribution in [0.3, 0.4) is 0 Å². The Bertz CT molecular complexity index is 294. The number of rotatable bonds is 2. The molecule has 0 fully saturated rings. The van der Waals surface area contributed by atoms with Crippen molar-refractivity contribution >= 4 is 28.5 Å². The lowest BCUT2D eigenvalue weighted by molar-refractivity contribution is -0.119. The average Bonchev–Trinajstić information content (AvgIpc) is 2.04. The van der Waals surface area contributed by atoms with E-state index in [1.807, 2.05) is 31.2 Å². The third-order valence-electron chi connectivity index (χ3n) is 1.79. The van der Waals surface area contributed by atoms with Gasteiger partial charge in [0.2, 0.25) is 5.91 Å². The van der Waals surface area contributed by atoms with E-state index >= 15 is 0 Å². The van der Waals surface area contributed by atoms with Crippen LogP contribution in [0.5, 0.6) is 0 Å². The van der Waals surface area contributed by atoms with Crippen LogP contribution >= 0.6 is 22.6 Å². The molecule has 70 valence electrons. The minimum absolute atomic E-state index is 0.00560. The maximum Gasteiger partial charge on any atom is 0.217 e. The van der Waals surface area contributed by atoms with E-state index in [0.29, 0.717) is 0 Å². The van der Waals surface area contributed by atoms with Gasteiger partial charge in [-0.2, -0.15) is 0 Å². The number of nitrogens with one attached hydrogen (secondary N) is 1. The van der Waals surface area contributed by atoms with E-state index in [9.17, 15) is 4.79 Å². The summed E-state index contributed by atoms with van der Waals surface area (Å²) in [6, 6.07) is 8.22. The predicted molar refractivity (Wildman–Crippen MR) is 61.4 cm³/mol. The third kappa shape index (κ3) is 3.34. The summed E-state index contributed by atoms with van der Waals surface area (Å²) < 4.78 is 1.20. The highest BCUT2D eigenvalue weighted by molar-refractivity contribution is 14.1. The Morgan fingerprint density at radius 2 is 1.92 bits per heavy atom. The molecule has 0 bridgehead atoms. The van der Waals surface area contributed by atoms with Crippen LogP contribution in [-0.2, 0) is 4.79 Å². The van der Waals surface area contributed by atoms with E-state index in [0.717, 1.165) is 5.56 Å². The molecule has 0 saturated heterocycles. The molecule has 0 saturated carbocycles. The van der Waals surface area contributed by atoms with E-state index in [1.54, 1.807) is 0 Å². The molecule has 0 spiro atoms. The first-order valence-electron chi connectivity index (χ1n) is 4.12. The first kappa shape index (κ1) is 10.5. The normalized spacial score (nSPS) is 12.2. The number of hydrogen-bond acceptors (Lipinski definition) is 1. The maximum absolute atomic E-state index is 10.8. The van der Waals surface area contributed by atoms with Crippen LogP contribution in [0.15, 0.2) is 24.3 Å². The van der Waals surface area contributed by atoms with Crippen molar-refractivity contribution in [3.05, 3.63) is 33.4 Å². The number of halogens is 1.